The van der Waals surface area contributed by atoms with Gasteiger partial charge < -0.3 is 5.11 Å². The number of pyridine rings is 1. The number of hydrogen-bond donors (Lipinski definition) is 1. The van der Waals surface area contributed by atoms with Crippen LogP contribution < -0.4 is 0 Å². The number of aromatic nitrogens is 3. The number of halogens is 2. The van der Waals surface area contributed by atoms with Crippen molar-refractivity contribution in [2.75, 3.05) is 0 Å². The van der Waals surface area contributed by atoms with E-state index in [1.165, 1.54) is 23.0 Å². The number of fused-ring (bicyclic) bond motifs is 1. The molecule has 0 aliphatic carbocycles. The molecule has 0 aliphatic heterocycles. The number of rotatable bonds is 2. The van der Waals surface area contributed by atoms with Crippen molar-refractivity contribution in [2.24, 2.45) is 0 Å². The van der Waals surface area contributed by atoms with E-state index in [9.17, 15) is 9.50 Å². The molecule has 0 aliphatic rings. The van der Waals surface area contributed by atoms with Gasteiger partial charge in [0.15, 0.2) is 0 Å². The van der Waals surface area contributed by atoms with E-state index >= 15 is 0 Å². The molecule has 3 aromatic rings. The van der Waals surface area contributed by atoms with Gasteiger partial charge in [0.1, 0.15) is 11.3 Å². The van der Waals surface area contributed by atoms with Crippen molar-refractivity contribution in [1.82, 2.24) is 14.8 Å². The molecule has 0 fully saturated rings. The molecule has 2 aromatic heterocycles. The van der Waals surface area contributed by atoms with Gasteiger partial charge in [0, 0.05) is 17.1 Å². The van der Waals surface area contributed by atoms with E-state index in [1.54, 1.807) is 32.3 Å². The number of benzene rings is 1. The van der Waals surface area contributed by atoms with Crippen LogP contribution in [0.5, 0.6) is 0 Å². The van der Waals surface area contributed by atoms with Crippen molar-refractivity contribution >= 4 is 22.5 Å². The molecule has 1 aromatic carbocycles. The van der Waals surface area contributed by atoms with Crippen LogP contribution in [0.4, 0.5) is 4.39 Å². The van der Waals surface area contributed by atoms with Crippen LogP contribution in [0.3, 0.4) is 0 Å². The third kappa shape index (κ3) is 2.39. The second-order valence-corrected chi connectivity index (χ2v) is 5.75. The lowest BCUT2D eigenvalue weighted by atomic mass is 10.0. The van der Waals surface area contributed by atoms with Gasteiger partial charge in [-0.2, -0.15) is 5.10 Å². The Labute approximate surface area is 125 Å². The fraction of sp³-hybridized carbons (Fsp3) is 0.200. The summed E-state index contributed by atoms with van der Waals surface area (Å²) in [6, 6.07) is 4.52. The Morgan fingerprint density at radius 2 is 2.00 bits per heavy atom. The molecule has 0 saturated heterocycles. The van der Waals surface area contributed by atoms with E-state index in [2.05, 4.69) is 10.1 Å². The van der Waals surface area contributed by atoms with Gasteiger partial charge in [0.25, 0.3) is 0 Å². The van der Waals surface area contributed by atoms with Gasteiger partial charge in [-0.05, 0) is 32.0 Å². The van der Waals surface area contributed by atoms with Crippen molar-refractivity contribution < 1.29 is 9.50 Å². The van der Waals surface area contributed by atoms with Crippen LogP contribution in [-0.2, 0) is 5.60 Å². The topological polar surface area (TPSA) is 50.9 Å². The highest BCUT2D eigenvalue weighted by atomic mass is 35.5. The second kappa shape index (κ2) is 4.79. The van der Waals surface area contributed by atoms with Gasteiger partial charge in [-0.3, -0.25) is 4.98 Å². The van der Waals surface area contributed by atoms with Crippen molar-refractivity contribution in [3.63, 3.8) is 0 Å². The highest BCUT2D eigenvalue weighted by Crippen LogP contribution is 2.28. The molecular formula is C15H13ClFN3O. The fourth-order valence-electron chi connectivity index (χ4n) is 2.14. The molecule has 0 radical (unpaired) electrons. The van der Waals surface area contributed by atoms with Crippen molar-refractivity contribution in [3.05, 3.63) is 53.2 Å². The molecule has 0 atom stereocenters. The predicted molar refractivity (Wildman–Crippen MR) is 79.1 cm³/mol. The van der Waals surface area contributed by atoms with Crippen LogP contribution >= 0.6 is 11.6 Å². The molecule has 21 heavy (non-hydrogen) atoms. The standard InChI is InChI=1S/C15H13ClFN3O/c1-15(2,21)9-5-10(7-18-6-9)20-14-11(8-19-20)12(16)3-4-13(14)17/h3-8,21H,1-2H3. The second-order valence-electron chi connectivity index (χ2n) is 5.34. The van der Waals surface area contributed by atoms with Crippen LogP contribution in [0.1, 0.15) is 19.4 Å². The Kier molecular flexibility index (Phi) is 3.19. The van der Waals surface area contributed by atoms with Gasteiger partial charge in [-0.15, -0.1) is 0 Å². The van der Waals surface area contributed by atoms with Crippen molar-refractivity contribution in [2.45, 2.75) is 19.4 Å². The molecule has 0 spiro atoms. The first kappa shape index (κ1) is 14.0. The summed E-state index contributed by atoms with van der Waals surface area (Å²) in [4.78, 5) is 4.09. The monoisotopic (exact) mass is 305 g/mol. The van der Waals surface area contributed by atoms with Gasteiger partial charge in [-0.25, -0.2) is 9.07 Å². The zero-order chi connectivity index (χ0) is 15.2. The maximum absolute atomic E-state index is 14.1. The highest BCUT2D eigenvalue weighted by Gasteiger charge is 2.18. The molecular weight excluding hydrogens is 293 g/mol. The van der Waals surface area contributed by atoms with E-state index in [4.69, 9.17) is 11.6 Å². The highest BCUT2D eigenvalue weighted by molar-refractivity contribution is 6.35. The van der Waals surface area contributed by atoms with Gasteiger partial charge in [0.05, 0.1) is 28.7 Å². The summed E-state index contributed by atoms with van der Waals surface area (Å²) < 4.78 is 15.5. The first-order valence-electron chi connectivity index (χ1n) is 6.38. The zero-order valence-electron chi connectivity index (χ0n) is 11.5. The van der Waals surface area contributed by atoms with Crippen molar-refractivity contribution in [1.29, 1.82) is 0 Å². The minimum absolute atomic E-state index is 0.289. The normalized spacial score (nSPS) is 12.0. The Morgan fingerprint density at radius 1 is 1.24 bits per heavy atom. The van der Waals surface area contributed by atoms with Gasteiger partial charge in [0.2, 0.25) is 0 Å². The molecule has 3 rings (SSSR count). The molecule has 2 heterocycles. The Bertz CT molecular complexity index is 823. The third-order valence-electron chi connectivity index (χ3n) is 3.30. The van der Waals surface area contributed by atoms with Crippen LogP contribution in [0.2, 0.25) is 5.02 Å². The molecule has 6 heteroatoms. The number of hydrogen-bond acceptors (Lipinski definition) is 3. The summed E-state index contributed by atoms with van der Waals surface area (Å²) >= 11 is 6.06. The Morgan fingerprint density at radius 3 is 2.71 bits per heavy atom. The first-order chi connectivity index (χ1) is 9.88. The lowest BCUT2D eigenvalue weighted by Gasteiger charge is -2.18. The van der Waals surface area contributed by atoms with E-state index in [1.807, 2.05) is 0 Å². The van der Waals surface area contributed by atoms with Gasteiger partial charge in [-0.1, -0.05) is 11.6 Å². The number of nitrogens with zero attached hydrogens (tertiary/aromatic N) is 3. The molecule has 0 bridgehead atoms. The van der Waals surface area contributed by atoms with E-state index in [-0.39, 0.29) is 5.52 Å². The molecule has 0 saturated carbocycles. The summed E-state index contributed by atoms with van der Waals surface area (Å²) in [5.74, 6) is -0.416. The lowest BCUT2D eigenvalue weighted by Crippen LogP contribution is -2.16. The maximum atomic E-state index is 14.1. The van der Waals surface area contributed by atoms with Gasteiger partial charge >= 0.3 is 0 Å². The summed E-state index contributed by atoms with van der Waals surface area (Å²) in [6.07, 6.45) is 4.64. The summed E-state index contributed by atoms with van der Waals surface area (Å²) in [6.45, 7) is 3.32. The SMILES string of the molecule is CC(C)(O)c1cncc(-n2ncc3c(Cl)ccc(F)c32)c1. The largest absolute Gasteiger partial charge is 0.386 e. The quantitative estimate of drug-likeness (QED) is 0.789. The Balaban J connectivity index is 2.24. The van der Waals surface area contributed by atoms with Crippen molar-refractivity contribution in [3.8, 4) is 5.69 Å². The fourth-order valence-corrected chi connectivity index (χ4v) is 2.34. The van der Waals surface area contributed by atoms with E-state index in [0.29, 0.717) is 21.7 Å². The predicted octanol–water partition coefficient (Wildman–Crippen LogP) is 3.44. The van der Waals surface area contributed by atoms with Crippen LogP contribution in [0, 0.1) is 5.82 Å². The molecule has 0 amide bonds. The summed E-state index contributed by atoms with van der Waals surface area (Å²) in [7, 11) is 0. The van der Waals surface area contributed by atoms with Crippen LogP contribution in [-0.4, -0.2) is 19.9 Å². The molecule has 108 valence electrons. The Hall–Kier alpha value is -1.98. The first-order valence-corrected chi connectivity index (χ1v) is 6.76. The smallest absolute Gasteiger partial charge is 0.149 e. The maximum Gasteiger partial charge on any atom is 0.149 e. The average molecular weight is 306 g/mol. The molecule has 0 unspecified atom stereocenters. The summed E-state index contributed by atoms with van der Waals surface area (Å²) in [5.41, 5.74) is 0.427. The van der Waals surface area contributed by atoms with Crippen LogP contribution in [0.25, 0.3) is 16.6 Å². The average Bonchev–Trinajstić information content (AvgIpc) is 2.88. The lowest BCUT2D eigenvalue weighted by molar-refractivity contribution is 0.0782. The van der Waals surface area contributed by atoms with Crippen LogP contribution in [0.15, 0.2) is 36.8 Å². The third-order valence-corrected chi connectivity index (χ3v) is 3.63. The zero-order valence-corrected chi connectivity index (χ0v) is 12.3. The van der Waals surface area contributed by atoms with E-state index in [0.717, 1.165) is 0 Å². The van der Waals surface area contributed by atoms with E-state index < -0.39 is 11.4 Å². The minimum Gasteiger partial charge on any atom is -0.386 e. The summed E-state index contributed by atoms with van der Waals surface area (Å²) in [5, 5.41) is 15.2. The number of aliphatic hydroxyl groups is 1. The minimum atomic E-state index is -1.04. The molecule has 1 N–H and O–H groups in total. The molecule has 4 nitrogen and oxygen atoms in total.